The molecule has 1 aromatic heterocycles. The molecule has 0 spiro atoms. The topological polar surface area (TPSA) is 92.1 Å². The normalized spacial score (nSPS) is 11.3. The molecule has 1 aromatic carbocycles. The van der Waals surface area contributed by atoms with E-state index < -0.39 is 0 Å². The van der Waals surface area contributed by atoms with Crippen LogP contribution in [0.2, 0.25) is 0 Å². The number of nitrogens with one attached hydrogen (secondary N) is 2. The molecule has 130 valence electrons. The zero-order chi connectivity index (χ0) is 17.4. The Morgan fingerprint density at radius 1 is 1.25 bits per heavy atom. The molecule has 0 saturated heterocycles. The van der Waals surface area contributed by atoms with Crippen molar-refractivity contribution in [3.63, 3.8) is 0 Å². The molecule has 7 nitrogen and oxygen atoms in total. The zero-order valence-corrected chi connectivity index (χ0v) is 14.2. The monoisotopic (exact) mass is 331 g/mol. The zero-order valence-electron chi connectivity index (χ0n) is 14.2. The lowest BCUT2D eigenvalue weighted by Crippen LogP contribution is -2.39. The molecule has 2 aromatic rings. The van der Waals surface area contributed by atoms with E-state index in [9.17, 15) is 9.90 Å². The first-order chi connectivity index (χ1) is 11.6. The standard InChI is InChI=1S/C17H25N5O2/c1-3-17(4-2,9-12-23)13-18-16(24)20-14-5-7-15(8-6-14)22-11-10-19-21-22/h5-8,10-11,23H,3-4,9,12-13H2,1-2H3,(H2,18,20,24). The fraction of sp³-hybridized carbons (Fsp3) is 0.471. The van der Waals surface area contributed by atoms with Crippen molar-refractivity contribution in [2.24, 2.45) is 5.41 Å². The van der Waals surface area contributed by atoms with Crippen LogP contribution in [0.25, 0.3) is 5.69 Å². The van der Waals surface area contributed by atoms with Gasteiger partial charge in [-0.3, -0.25) is 0 Å². The van der Waals surface area contributed by atoms with Crippen LogP contribution in [-0.2, 0) is 0 Å². The van der Waals surface area contributed by atoms with E-state index in [0.29, 0.717) is 18.7 Å². The van der Waals surface area contributed by atoms with Crippen molar-refractivity contribution in [1.82, 2.24) is 20.3 Å². The van der Waals surface area contributed by atoms with Gasteiger partial charge in [0, 0.05) is 18.8 Å². The van der Waals surface area contributed by atoms with Gasteiger partial charge in [-0.15, -0.1) is 5.10 Å². The highest BCUT2D eigenvalue weighted by Crippen LogP contribution is 2.29. The molecule has 0 atom stereocenters. The van der Waals surface area contributed by atoms with Gasteiger partial charge in [0.05, 0.1) is 18.1 Å². The molecular weight excluding hydrogens is 306 g/mol. The maximum Gasteiger partial charge on any atom is 0.319 e. The van der Waals surface area contributed by atoms with Crippen molar-refractivity contribution >= 4 is 11.7 Å². The predicted molar refractivity (Wildman–Crippen MR) is 93.1 cm³/mol. The van der Waals surface area contributed by atoms with Gasteiger partial charge in [0.25, 0.3) is 0 Å². The first kappa shape index (κ1) is 17.9. The number of hydrogen-bond acceptors (Lipinski definition) is 4. The molecule has 2 amide bonds. The number of carbonyl (C=O) groups is 1. The molecule has 7 heteroatoms. The number of benzene rings is 1. The second-order valence-corrected chi connectivity index (χ2v) is 5.88. The van der Waals surface area contributed by atoms with Gasteiger partial charge in [0.1, 0.15) is 0 Å². The summed E-state index contributed by atoms with van der Waals surface area (Å²) >= 11 is 0. The number of amides is 2. The van der Waals surface area contributed by atoms with Crippen LogP contribution in [-0.4, -0.2) is 39.3 Å². The molecule has 0 unspecified atom stereocenters. The van der Waals surface area contributed by atoms with E-state index in [2.05, 4.69) is 34.8 Å². The Hall–Kier alpha value is -2.41. The summed E-state index contributed by atoms with van der Waals surface area (Å²) in [6.07, 6.45) is 5.88. The van der Waals surface area contributed by atoms with E-state index in [-0.39, 0.29) is 18.1 Å². The molecule has 0 aliphatic rings. The highest BCUT2D eigenvalue weighted by atomic mass is 16.3. The summed E-state index contributed by atoms with van der Waals surface area (Å²) < 4.78 is 1.65. The molecule has 0 bridgehead atoms. The molecule has 24 heavy (non-hydrogen) atoms. The van der Waals surface area contributed by atoms with Crippen molar-refractivity contribution in [2.45, 2.75) is 33.1 Å². The lowest BCUT2D eigenvalue weighted by Gasteiger charge is -2.31. The number of aliphatic hydroxyl groups is 1. The van der Waals surface area contributed by atoms with Crippen molar-refractivity contribution < 1.29 is 9.90 Å². The van der Waals surface area contributed by atoms with Crippen molar-refractivity contribution in [2.75, 3.05) is 18.5 Å². The number of aliphatic hydroxyl groups excluding tert-OH is 1. The summed E-state index contributed by atoms with van der Waals surface area (Å²) in [6.45, 7) is 4.85. The molecule has 1 heterocycles. The Morgan fingerprint density at radius 2 is 1.96 bits per heavy atom. The maximum absolute atomic E-state index is 12.1. The molecular formula is C17H25N5O2. The second-order valence-electron chi connectivity index (χ2n) is 5.88. The first-order valence-corrected chi connectivity index (χ1v) is 8.25. The Morgan fingerprint density at radius 3 is 2.50 bits per heavy atom. The lowest BCUT2D eigenvalue weighted by molar-refractivity contribution is 0.165. The fourth-order valence-corrected chi connectivity index (χ4v) is 2.67. The van der Waals surface area contributed by atoms with Gasteiger partial charge in [0.15, 0.2) is 0 Å². The van der Waals surface area contributed by atoms with Gasteiger partial charge in [-0.25, -0.2) is 9.48 Å². The predicted octanol–water partition coefficient (Wildman–Crippen LogP) is 2.58. The van der Waals surface area contributed by atoms with Crippen LogP contribution >= 0.6 is 0 Å². The SMILES string of the molecule is CCC(CC)(CCO)CNC(=O)Nc1ccc(-n2ccnn2)cc1. The largest absolute Gasteiger partial charge is 0.396 e. The summed E-state index contributed by atoms with van der Waals surface area (Å²) in [5.41, 5.74) is 1.53. The number of anilines is 1. The molecule has 0 aliphatic heterocycles. The Balaban J connectivity index is 1.90. The second kappa shape index (κ2) is 8.44. The fourth-order valence-electron chi connectivity index (χ4n) is 2.67. The third-order valence-electron chi connectivity index (χ3n) is 4.58. The van der Waals surface area contributed by atoms with Crippen molar-refractivity contribution in [3.05, 3.63) is 36.7 Å². The van der Waals surface area contributed by atoms with E-state index in [1.54, 1.807) is 17.1 Å². The van der Waals surface area contributed by atoms with Crippen molar-refractivity contribution in [3.8, 4) is 5.69 Å². The molecule has 0 fully saturated rings. The van der Waals surface area contributed by atoms with Gasteiger partial charge in [-0.05, 0) is 48.9 Å². The van der Waals surface area contributed by atoms with E-state index in [4.69, 9.17) is 0 Å². The minimum Gasteiger partial charge on any atom is -0.396 e. The van der Waals surface area contributed by atoms with Crippen LogP contribution in [0.5, 0.6) is 0 Å². The van der Waals surface area contributed by atoms with Crippen LogP contribution in [0.15, 0.2) is 36.7 Å². The minimum atomic E-state index is -0.243. The third-order valence-corrected chi connectivity index (χ3v) is 4.58. The quantitative estimate of drug-likeness (QED) is 0.693. The van der Waals surface area contributed by atoms with Crippen molar-refractivity contribution in [1.29, 1.82) is 0 Å². The number of nitrogens with zero attached hydrogens (tertiary/aromatic N) is 3. The first-order valence-electron chi connectivity index (χ1n) is 8.25. The average molecular weight is 331 g/mol. The van der Waals surface area contributed by atoms with Crippen LogP contribution in [0.1, 0.15) is 33.1 Å². The van der Waals surface area contributed by atoms with Gasteiger partial charge in [0.2, 0.25) is 0 Å². The van der Waals surface area contributed by atoms with E-state index in [0.717, 1.165) is 18.5 Å². The molecule has 2 rings (SSSR count). The molecule has 3 N–H and O–H groups in total. The minimum absolute atomic E-state index is 0.0525. The highest BCUT2D eigenvalue weighted by Gasteiger charge is 2.26. The van der Waals surface area contributed by atoms with Crippen LogP contribution < -0.4 is 10.6 Å². The molecule has 0 aliphatic carbocycles. The third kappa shape index (κ3) is 4.55. The van der Waals surface area contributed by atoms with E-state index >= 15 is 0 Å². The Kier molecular flexibility index (Phi) is 6.31. The molecule has 0 radical (unpaired) electrons. The van der Waals surface area contributed by atoms with Gasteiger partial charge >= 0.3 is 6.03 Å². The van der Waals surface area contributed by atoms with Crippen LogP contribution in [0.3, 0.4) is 0 Å². The van der Waals surface area contributed by atoms with Gasteiger partial charge < -0.3 is 15.7 Å². The van der Waals surface area contributed by atoms with Gasteiger partial charge in [-0.2, -0.15) is 0 Å². The average Bonchev–Trinajstić information content (AvgIpc) is 3.14. The van der Waals surface area contributed by atoms with Crippen LogP contribution in [0, 0.1) is 5.41 Å². The summed E-state index contributed by atoms with van der Waals surface area (Å²) in [7, 11) is 0. The summed E-state index contributed by atoms with van der Waals surface area (Å²) in [5, 5.41) is 22.6. The number of aromatic nitrogens is 3. The summed E-state index contributed by atoms with van der Waals surface area (Å²) in [5.74, 6) is 0. The smallest absolute Gasteiger partial charge is 0.319 e. The summed E-state index contributed by atoms with van der Waals surface area (Å²) in [6, 6.07) is 7.11. The Bertz CT molecular complexity index is 621. The number of hydrogen-bond donors (Lipinski definition) is 3. The van der Waals surface area contributed by atoms with E-state index in [1.807, 2.05) is 24.3 Å². The number of carbonyl (C=O) groups excluding carboxylic acids is 1. The van der Waals surface area contributed by atoms with Crippen LogP contribution in [0.4, 0.5) is 10.5 Å². The van der Waals surface area contributed by atoms with Gasteiger partial charge in [-0.1, -0.05) is 19.1 Å². The summed E-state index contributed by atoms with van der Waals surface area (Å²) in [4.78, 5) is 12.1. The maximum atomic E-state index is 12.1. The molecule has 0 saturated carbocycles. The number of urea groups is 1. The van der Waals surface area contributed by atoms with E-state index in [1.165, 1.54) is 0 Å². The Labute approximate surface area is 142 Å². The lowest BCUT2D eigenvalue weighted by atomic mass is 9.79. The number of rotatable bonds is 8. The highest BCUT2D eigenvalue weighted by molar-refractivity contribution is 5.89.